The minimum Gasteiger partial charge on any atom is -0.0622 e. The van der Waals surface area contributed by atoms with Crippen molar-refractivity contribution in [2.24, 2.45) is 0 Å². The molecule has 0 fully saturated rings. The minimum absolute atomic E-state index is 0.691. The molecule has 0 saturated heterocycles. The molecule has 0 aliphatic heterocycles. The molecule has 0 nitrogen and oxygen atoms in total. The fraction of sp³-hybridized carbons (Fsp3) is 0.143. The lowest BCUT2D eigenvalue weighted by Crippen LogP contribution is -2.07. The Balaban J connectivity index is 2.07. The lowest BCUT2D eigenvalue weighted by atomic mass is 9.94. The van der Waals surface area contributed by atoms with Gasteiger partial charge in [-0.3, -0.25) is 0 Å². The molecule has 0 aliphatic carbocycles. The van der Waals surface area contributed by atoms with Crippen molar-refractivity contribution in [1.82, 2.24) is 0 Å². The van der Waals surface area contributed by atoms with Crippen molar-refractivity contribution in [3.05, 3.63) is 83.4 Å². The molecule has 0 amide bonds. The predicted octanol–water partition coefficient (Wildman–Crippen LogP) is 4.91. The molecule has 22 heavy (non-hydrogen) atoms. The molecule has 0 radical (unpaired) electrons. The first-order valence-electron chi connectivity index (χ1n) is 7.65. The van der Waals surface area contributed by atoms with Crippen molar-refractivity contribution in [1.29, 1.82) is 0 Å². The van der Waals surface area contributed by atoms with Gasteiger partial charge in [0.2, 0.25) is 0 Å². The van der Waals surface area contributed by atoms with E-state index in [2.05, 4.69) is 87.5 Å². The van der Waals surface area contributed by atoms with Gasteiger partial charge in [0.1, 0.15) is 0 Å². The van der Waals surface area contributed by atoms with E-state index in [9.17, 15) is 0 Å². The van der Waals surface area contributed by atoms with Crippen molar-refractivity contribution in [3.8, 4) is 11.1 Å². The molecule has 3 aromatic carbocycles. The molecule has 0 saturated carbocycles. The van der Waals surface area contributed by atoms with E-state index >= 15 is 0 Å². The van der Waals surface area contributed by atoms with E-state index in [-0.39, 0.29) is 0 Å². The third-order valence-corrected chi connectivity index (χ3v) is 5.66. The standard InChI is InChI=1S/C21H21P/c1-15-13-14-19(17(3)16(15)2)20-11-7-8-12-21(20)22-18-9-5-4-6-10-18/h4-14,22H,1-3H3. The summed E-state index contributed by atoms with van der Waals surface area (Å²) in [6.07, 6.45) is 0. The van der Waals surface area contributed by atoms with Gasteiger partial charge in [0.05, 0.1) is 0 Å². The van der Waals surface area contributed by atoms with E-state index in [0.29, 0.717) is 8.58 Å². The number of hydrogen-bond donors (Lipinski definition) is 0. The van der Waals surface area contributed by atoms with E-state index in [0.717, 1.165) is 0 Å². The van der Waals surface area contributed by atoms with Gasteiger partial charge >= 0.3 is 0 Å². The second-order valence-electron chi connectivity index (χ2n) is 5.72. The summed E-state index contributed by atoms with van der Waals surface area (Å²) in [7, 11) is 0.691. The molecule has 1 heteroatoms. The Morgan fingerprint density at radius 1 is 0.591 bits per heavy atom. The largest absolute Gasteiger partial charge is 0.0622 e. The molecule has 0 spiro atoms. The normalized spacial score (nSPS) is 11.2. The van der Waals surface area contributed by atoms with Gasteiger partial charge in [0.15, 0.2) is 0 Å². The third kappa shape index (κ3) is 2.98. The van der Waals surface area contributed by atoms with Crippen molar-refractivity contribution in [3.63, 3.8) is 0 Å². The van der Waals surface area contributed by atoms with E-state index in [1.54, 1.807) is 0 Å². The van der Waals surface area contributed by atoms with Crippen molar-refractivity contribution >= 4 is 19.2 Å². The molecule has 0 heterocycles. The zero-order valence-corrected chi connectivity index (χ0v) is 14.4. The van der Waals surface area contributed by atoms with Crippen LogP contribution in [-0.4, -0.2) is 0 Å². The zero-order chi connectivity index (χ0) is 15.5. The van der Waals surface area contributed by atoms with Crippen LogP contribution in [0.2, 0.25) is 0 Å². The highest BCUT2D eigenvalue weighted by Gasteiger charge is 2.10. The second-order valence-corrected chi connectivity index (χ2v) is 7.08. The number of benzene rings is 3. The van der Waals surface area contributed by atoms with E-state index in [1.807, 2.05) is 0 Å². The van der Waals surface area contributed by atoms with Gasteiger partial charge in [0, 0.05) is 0 Å². The highest BCUT2D eigenvalue weighted by molar-refractivity contribution is 7.55. The van der Waals surface area contributed by atoms with Crippen LogP contribution in [0.25, 0.3) is 11.1 Å². The van der Waals surface area contributed by atoms with Crippen LogP contribution < -0.4 is 10.6 Å². The molecule has 0 aliphatic rings. The number of aryl methyl sites for hydroxylation is 1. The highest BCUT2D eigenvalue weighted by Crippen LogP contribution is 2.29. The van der Waals surface area contributed by atoms with Crippen molar-refractivity contribution in [2.45, 2.75) is 20.8 Å². The van der Waals surface area contributed by atoms with Crippen molar-refractivity contribution < 1.29 is 0 Å². The molecule has 1 atom stereocenters. The summed E-state index contributed by atoms with van der Waals surface area (Å²) in [5.74, 6) is 0. The van der Waals surface area contributed by atoms with Crippen LogP contribution >= 0.6 is 8.58 Å². The Morgan fingerprint density at radius 2 is 1.27 bits per heavy atom. The Hall–Kier alpha value is -1.91. The summed E-state index contributed by atoms with van der Waals surface area (Å²) in [6, 6.07) is 24.0. The van der Waals surface area contributed by atoms with E-state index in [1.165, 1.54) is 38.4 Å². The van der Waals surface area contributed by atoms with Gasteiger partial charge in [0.25, 0.3) is 0 Å². The first kappa shape index (κ1) is 15.0. The van der Waals surface area contributed by atoms with E-state index in [4.69, 9.17) is 0 Å². The average Bonchev–Trinajstić information content (AvgIpc) is 2.55. The van der Waals surface area contributed by atoms with Crippen LogP contribution in [0.15, 0.2) is 66.7 Å². The Kier molecular flexibility index (Phi) is 4.41. The Morgan fingerprint density at radius 3 is 2.05 bits per heavy atom. The zero-order valence-electron chi connectivity index (χ0n) is 13.4. The van der Waals surface area contributed by atoms with Crippen LogP contribution in [0.4, 0.5) is 0 Å². The molecular formula is C21H21P. The SMILES string of the molecule is Cc1ccc(-c2ccccc2Pc2ccccc2)c(C)c1C. The Labute approximate surface area is 135 Å². The fourth-order valence-corrected chi connectivity index (χ4v) is 3.95. The van der Waals surface area contributed by atoms with Gasteiger partial charge in [-0.05, 0) is 59.2 Å². The molecule has 3 rings (SSSR count). The summed E-state index contributed by atoms with van der Waals surface area (Å²) in [4.78, 5) is 0. The third-order valence-electron chi connectivity index (χ3n) is 4.33. The van der Waals surface area contributed by atoms with Gasteiger partial charge in [-0.1, -0.05) is 75.3 Å². The first-order valence-corrected chi connectivity index (χ1v) is 8.65. The lowest BCUT2D eigenvalue weighted by molar-refractivity contribution is 1.27. The second kappa shape index (κ2) is 6.46. The van der Waals surface area contributed by atoms with Crippen LogP contribution in [0.1, 0.15) is 16.7 Å². The summed E-state index contributed by atoms with van der Waals surface area (Å²) >= 11 is 0. The maximum atomic E-state index is 2.27. The maximum Gasteiger partial charge on any atom is -0.0104 e. The molecular weight excluding hydrogens is 283 g/mol. The van der Waals surface area contributed by atoms with Gasteiger partial charge in [-0.15, -0.1) is 0 Å². The van der Waals surface area contributed by atoms with Gasteiger partial charge < -0.3 is 0 Å². The van der Waals surface area contributed by atoms with Crippen LogP contribution in [0.5, 0.6) is 0 Å². The molecule has 3 aromatic rings. The molecule has 110 valence electrons. The lowest BCUT2D eigenvalue weighted by Gasteiger charge is -2.15. The molecule has 0 N–H and O–H groups in total. The quantitative estimate of drug-likeness (QED) is 0.603. The first-order chi connectivity index (χ1) is 10.7. The Bertz CT molecular complexity index is 788. The highest BCUT2D eigenvalue weighted by atomic mass is 31.1. The smallest absolute Gasteiger partial charge is 0.0104 e. The molecule has 1 unspecified atom stereocenters. The summed E-state index contributed by atoms with van der Waals surface area (Å²) < 4.78 is 0. The summed E-state index contributed by atoms with van der Waals surface area (Å²) in [5.41, 5.74) is 6.89. The number of hydrogen-bond acceptors (Lipinski definition) is 0. The fourth-order valence-electron chi connectivity index (χ4n) is 2.75. The molecule has 0 bridgehead atoms. The van der Waals surface area contributed by atoms with Crippen LogP contribution in [0.3, 0.4) is 0 Å². The topological polar surface area (TPSA) is 0 Å². The monoisotopic (exact) mass is 304 g/mol. The average molecular weight is 304 g/mol. The number of rotatable bonds is 3. The summed E-state index contributed by atoms with van der Waals surface area (Å²) in [5, 5.41) is 2.80. The van der Waals surface area contributed by atoms with Gasteiger partial charge in [-0.2, -0.15) is 0 Å². The minimum atomic E-state index is 0.691. The van der Waals surface area contributed by atoms with Crippen molar-refractivity contribution in [2.75, 3.05) is 0 Å². The predicted molar refractivity (Wildman–Crippen MR) is 100 cm³/mol. The van der Waals surface area contributed by atoms with Crippen LogP contribution in [0, 0.1) is 20.8 Å². The molecule has 0 aromatic heterocycles. The van der Waals surface area contributed by atoms with E-state index < -0.39 is 0 Å². The summed E-state index contributed by atoms with van der Waals surface area (Å²) in [6.45, 7) is 6.64. The maximum absolute atomic E-state index is 2.27. The van der Waals surface area contributed by atoms with Crippen LogP contribution in [-0.2, 0) is 0 Å². The van der Waals surface area contributed by atoms with Gasteiger partial charge in [-0.25, -0.2) is 0 Å².